The van der Waals surface area contributed by atoms with Crippen molar-refractivity contribution in [3.05, 3.63) is 78.4 Å². The molecule has 0 radical (unpaired) electrons. The third-order valence-electron chi connectivity index (χ3n) is 6.30. The van der Waals surface area contributed by atoms with E-state index in [1.807, 2.05) is 30.3 Å². The van der Waals surface area contributed by atoms with Gasteiger partial charge in [-0.1, -0.05) is 24.3 Å². The highest BCUT2D eigenvalue weighted by atomic mass is 16.5. The van der Waals surface area contributed by atoms with Gasteiger partial charge in [0, 0.05) is 42.8 Å². The van der Waals surface area contributed by atoms with Crippen LogP contribution in [-0.4, -0.2) is 49.6 Å². The van der Waals surface area contributed by atoms with E-state index in [9.17, 15) is 9.90 Å². The number of ether oxygens (including phenoxy) is 1. The number of benzene rings is 3. The third-order valence-corrected chi connectivity index (χ3v) is 6.30. The lowest BCUT2D eigenvalue weighted by molar-refractivity contribution is -0.112. The molecule has 0 bridgehead atoms. The van der Waals surface area contributed by atoms with Crippen LogP contribution in [-0.2, 0) is 4.79 Å². The summed E-state index contributed by atoms with van der Waals surface area (Å²) in [4.78, 5) is 16.7. The molecule has 3 aromatic carbocycles. The summed E-state index contributed by atoms with van der Waals surface area (Å²) in [5.41, 5.74) is 3.74. The highest BCUT2D eigenvalue weighted by Gasteiger charge is 2.25. The van der Waals surface area contributed by atoms with Crippen molar-refractivity contribution in [2.45, 2.75) is 6.04 Å². The third kappa shape index (κ3) is 4.17. The zero-order chi connectivity index (χ0) is 22.8. The van der Waals surface area contributed by atoms with Crippen molar-refractivity contribution in [2.75, 3.05) is 38.2 Å². The number of methoxy groups -OCH3 is 1. The molecular formula is C27H26N2O4. The number of carbonyl (C=O) groups is 1. The maximum Gasteiger partial charge on any atom is 0.161 e. The van der Waals surface area contributed by atoms with Crippen LogP contribution in [0.5, 0.6) is 11.5 Å². The number of aldehydes is 1. The minimum absolute atomic E-state index is 0.0841. The van der Waals surface area contributed by atoms with Gasteiger partial charge >= 0.3 is 0 Å². The molecule has 0 saturated carbocycles. The first-order valence-corrected chi connectivity index (χ1v) is 11.1. The highest BCUT2D eigenvalue weighted by molar-refractivity contribution is 5.84. The second kappa shape index (κ2) is 9.00. The van der Waals surface area contributed by atoms with Gasteiger partial charge in [-0.2, -0.15) is 0 Å². The van der Waals surface area contributed by atoms with E-state index in [1.54, 1.807) is 18.2 Å². The first kappa shape index (κ1) is 21.1. The molecule has 0 spiro atoms. The van der Waals surface area contributed by atoms with Crippen molar-refractivity contribution in [1.29, 1.82) is 0 Å². The Morgan fingerprint density at radius 2 is 1.76 bits per heavy atom. The van der Waals surface area contributed by atoms with Gasteiger partial charge < -0.3 is 24.0 Å². The number of hydrogen-bond donors (Lipinski definition) is 1. The fraction of sp³-hybridized carbons (Fsp3) is 0.222. The Labute approximate surface area is 192 Å². The van der Waals surface area contributed by atoms with Crippen LogP contribution in [0.1, 0.15) is 11.6 Å². The summed E-state index contributed by atoms with van der Waals surface area (Å²) in [6.45, 7) is 3.41. The molecule has 4 aromatic rings. The SMILES string of the molecule is COc1cc(-c2cc3cc(C(C=O)N4CCN(c5ccccc5)CC4)ccc3o2)ccc1O. The van der Waals surface area contributed by atoms with Crippen LogP contribution in [0.4, 0.5) is 5.69 Å². The minimum Gasteiger partial charge on any atom is -0.504 e. The smallest absolute Gasteiger partial charge is 0.161 e. The number of phenols is 1. The van der Waals surface area contributed by atoms with E-state index in [0.29, 0.717) is 11.5 Å². The largest absolute Gasteiger partial charge is 0.504 e. The van der Waals surface area contributed by atoms with Gasteiger partial charge in [0.2, 0.25) is 0 Å². The van der Waals surface area contributed by atoms with Crippen LogP contribution in [0.2, 0.25) is 0 Å². The quantitative estimate of drug-likeness (QED) is 0.430. The molecule has 6 nitrogen and oxygen atoms in total. The summed E-state index contributed by atoms with van der Waals surface area (Å²) in [5.74, 6) is 1.16. The molecule has 1 unspecified atom stereocenters. The molecule has 168 valence electrons. The van der Waals surface area contributed by atoms with E-state index >= 15 is 0 Å². The van der Waals surface area contributed by atoms with E-state index in [2.05, 4.69) is 34.1 Å². The molecule has 0 amide bonds. The van der Waals surface area contributed by atoms with Gasteiger partial charge in [0.15, 0.2) is 11.5 Å². The summed E-state index contributed by atoms with van der Waals surface area (Å²) in [7, 11) is 1.52. The number of piperazine rings is 1. The van der Waals surface area contributed by atoms with Gasteiger partial charge in [-0.05, 0) is 54.1 Å². The number of para-hydroxylation sites is 1. The van der Waals surface area contributed by atoms with Crippen LogP contribution in [0, 0.1) is 0 Å². The number of hydrogen-bond acceptors (Lipinski definition) is 6. The van der Waals surface area contributed by atoms with Gasteiger partial charge in [-0.3, -0.25) is 4.90 Å². The average molecular weight is 443 g/mol. The molecule has 1 atom stereocenters. The lowest BCUT2D eigenvalue weighted by atomic mass is 10.0. The summed E-state index contributed by atoms with van der Waals surface area (Å²) >= 11 is 0. The van der Waals surface area contributed by atoms with E-state index < -0.39 is 0 Å². The molecule has 1 saturated heterocycles. The van der Waals surface area contributed by atoms with Crippen molar-refractivity contribution in [3.8, 4) is 22.8 Å². The van der Waals surface area contributed by atoms with Crippen molar-refractivity contribution in [3.63, 3.8) is 0 Å². The predicted molar refractivity (Wildman–Crippen MR) is 129 cm³/mol. The molecule has 0 aliphatic carbocycles. The number of fused-ring (bicyclic) bond motifs is 1. The summed E-state index contributed by atoms with van der Waals surface area (Å²) < 4.78 is 11.2. The predicted octanol–water partition coefficient (Wildman–Crippen LogP) is 4.88. The van der Waals surface area contributed by atoms with E-state index in [-0.39, 0.29) is 11.8 Å². The number of phenolic OH excluding ortho intramolecular Hbond substituents is 1. The van der Waals surface area contributed by atoms with Crippen molar-refractivity contribution in [1.82, 2.24) is 4.90 Å². The Hall–Kier alpha value is -3.77. The Bertz CT molecular complexity index is 1260. The highest BCUT2D eigenvalue weighted by Crippen LogP contribution is 2.35. The van der Waals surface area contributed by atoms with Crippen LogP contribution in [0.15, 0.2) is 77.2 Å². The molecular weight excluding hydrogens is 416 g/mol. The fourth-order valence-corrected chi connectivity index (χ4v) is 4.49. The molecule has 5 rings (SSSR count). The van der Waals surface area contributed by atoms with Gasteiger partial charge in [0.05, 0.1) is 13.2 Å². The number of furan rings is 1. The molecule has 33 heavy (non-hydrogen) atoms. The van der Waals surface area contributed by atoms with Gasteiger partial charge in [-0.25, -0.2) is 0 Å². The first-order valence-electron chi connectivity index (χ1n) is 11.1. The van der Waals surface area contributed by atoms with E-state index in [1.165, 1.54) is 12.8 Å². The van der Waals surface area contributed by atoms with Crippen molar-refractivity contribution >= 4 is 22.9 Å². The van der Waals surface area contributed by atoms with Crippen LogP contribution >= 0.6 is 0 Å². The summed E-state index contributed by atoms with van der Waals surface area (Å²) in [5, 5.41) is 10.8. The Morgan fingerprint density at radius 3 is 2.48 bits per heavy atom. The lowest BCUT2D eigenvalue weighted by Gasteiger charge is -2.38. The molecule has 1 aromatic heterocycles. The monoisotopic (exact) mass is 442 g/mol. The lowest BCUT2D eigenvalue weighted by Crippen LogP contribution is -2.48. The first-order chi connectivity index (χ1) is 16.2. The summed E-state index contributed by atoms with van der Waals surface area (Å²) in [6.07, 6.45) is 1.03. The zero-order valence-corrected chi connectivity index (χ0v) is 18.5. The number of nitrogens with zero attached hydrogens (tertiary/aromatic N) is 2. The van der Waals surface area contributed by atoms with Crippen molar-refractivity contribution < 1.29 is 19.1 Å². The number of aromatic hydroxyl groups is 1. The number of anilines is 1. The van der Waals surface area contributed by atoms with Crippen LogP contribution in [0.25, 0.3) is 22.3 Å². The Balaban J connectivity index is 1.36. The summed E-state index contributed by atoms with van der Waals surface area (Å²) in [6, 6.07) is 23.1. The van der Waals surface area contributed by atoms with Gasteiger partial charge in [0.1, 0.15) is 17.6 Å². The Kier molecular flexibility index (Phi) is 5.75. The van der Waals surface area contributed by atoms with Gasteiger partial charge in [-0.15, -0.1) is 0 Å². The normalized spacial score (nSPS) is 15.5. The van der Waals surface area contributed by atoms with Crippen LogP contribution < -0.4 is 9.64 Å². The minimum atomic E-state index is -0.292. The van der Waals surface area contributed by atoms with Gasteiger partial charge in [0.25, 0.3) is 0 Å². The standard InChI is InChI=1S/C27H26N2O4/c1-32-27-16-20(7-9-24(27)31)26-17-21-15-19(8-10-25(21)33-26)23(18-30)29-13-11-28(12-14-29)22-5-3-2-4-6-22/h2-10,15-18,23,31H,11-14H2,1H3. The topological polar surface area (TPSA) is 66.2 Å². The van der Waals surface area contributed by atoms with E-state index in [4.69, 9.17) is 9.15 Å². The second-order valence-electron chi connectivity index (χ2n) is 8.23. The molecule has 1 aliphatic rings. The molecule has 2 heterocycles. The molecule has 6 heteroatoms. The zero-order valence-electron chi connectivity index (χ0n) is 18.5. The Morgan fingerprint density at radius 1 is 0.970 bits per heavy atom. The number of carbonyl (C=O) groups excluding carboxylic acids is 1. The maximum absolute atomic E-state index is 12.1. The maximum atomic E-state index is 12.1. The van der Waals surface area contributed by atoms with Crippen molar-refractivity contribution in [2.24, 2.45) is 0 Å². The number of rotatable bonds is 6. The molecule has 1 fully saturated rings. The average Bonchev–Trinajstić information content (AvgIpc) is 3.29. The van der Waals surface area contributed by atoms with Crippen LogP contribution in [0.3, 0.4) is 0 Å². The fourth-order valence-electron chi connectivity index (χ4n) is 4.49. The second-order valence-corrected chi connectivity index (χ2v) is 8.23. The van der Waals surface area contributed by atoms with E-state index in [0.717, 1.165) is 54.6 Å². The molecule has 1 N–H and O–H groups in total. The molecule has 1 aliphatic heterocycles.